The van der Waals surface area contributed by atoms with Gasteiger partial charge in [0.15, 0.2) is 5.29 Å². The lowest BCUT2D eigenvalue weighted by molar-refractivity contribution is -0.820. The summed E-state index contributed by atoms with van der Waals surface area (Å²) in [6.07, 6.45) is 0. The number of hydrogen-bond donors (Lipinski definition) is 2. The average molecular weight is 153 g/mol. The quantitative estimate of drug-likeness (QED) is 0.305. The zero-order valence-electron chi connectivity index (χ0n) is 4.63. The van der Waals surface area contributed by atoms with Crippen molar-refractivity contribution in [1.29, 1.82) is 0 Å². The molecular weight excluding hydrogens is 146 g/mol. The molecule has 52 valence electrons. The van der Waals surface area contributed by atoms with E-state index in [9.17, 15) is 9.70 Å². The van der Waals surface area contributed by atoms with Gasteiger partial charge in [-0.25, -0.2) is 4.79 Å². The summed E-state index contributed by atoms with van der Waals surface area (Å²) in [5.41, 5.74) is 4.70. The van der Waals surface area contributed by atoms with Gasteiger partial charge in [-0.05, 0) is 0 Å². The molecule has 5 nitrogen and oxygen atoms in total. The predicted octanol–water partition coefficient (Wildman–Crippen LogP) is -1.13. The first-order valence-electron chi connectivity index (χ1n) is 2.27. The van der Waals surface area contributed by atoms with Gasteiger partial charge in [0, 0.05) is 0 Å². The second-order valence-electron chi connectivity index (χ2n) is 1.34. The van der Waals surface area contributed by atoms with Gasteiger partial charge in [-0.15, -0.1) is 11.6 Å². The topological polar surface area (TPSA) is 77.0 Å². The summed E-state index contributed by atoms with van der Waals surface area (Å²) in [6.45, 7) is 0.139. The van der Waals surface area contributed by atoms with Gasteiger partial charge in [-0.2, -0.15) is 0 Å². The van der Waals surface area contributed by atoms with E-state index in [0.717, 1.165) is 0 Å². The largest absolute Gasteiger partial charge is 0.441 e. The van der Waals surface area contributed by atoms with Crippen LogP contribution in [0.2, 0.25) is 0 Å². The third-order valence-corrected chi connectivity index (χ3v) is 0.915. The minimum Gasteiger partial charge on any atom is -0.317 e. The normalized spacial score (nSPS) is 12.6. The minimum atomic E-state index is -0.800. The molecule has 0 fully saturated rings. The van der Waals surface area contributed by atoms with Crippen molar-refractivity contribution >= 4 is 17.6 Å². The lowest BCUT2D eigenvalue weighted by Gasteiger charge is -1.97. The number of carbonyl (C=O) groups excluding carboxylic acids is 1. The highest BCUT2D eigenvalue weighted by Crippen LogP contribution is 1.64. The average Bonchev–Trinajstić information content (AvgIpc) is 1.82. The summed E-state index contributed by atoms with van der Waals surface area (Å²) in [6, 6.07) is -0.800. The van der Waals surface area contributed by atoms with Crippen LogP contribution in [0, 0.1) is 4.91 Å². The highest BCUT2D eigenvalue weighted by molar-refractivity contribution is 6.17. The molecule has 0 bridgehead atoms. The number of nitrogens with one attached hydrogen (secondary N) is 1. The first-order valence-corrected chi connectivity index (χ1v) is 2.80. The van der Waals surface area contributed by atoms with Crippen molar-refractivity contribution in [3.63, 3.8) is 0 Å². The summed E-state index contributed by atoms with van der Waals surface area (Å²) in [4.78, 5) is 19.8. The zero-order chi connectivity index (χ0) is 7.28. The molecule has 0 aliphatic heterocycles. The maximum absolute atomic E-state index is 10.2. The molecule has 9 heavy (non-hydrogen) atoms. The molecule has 0 aromatic rings. The number of nitroso groups, excluding NO2 is 1. The van der Waals surface area contributed by atoms with Crippen molar-refractivity contribution in [2.75, 3.05) is 12.4 Å². The van der Waals surface area contributed by atoms with Crippen LogP contribution >= 0.6 is 11.6 Å². The maximum Gasteiger partial charge on any atom is 0.441 e. The fourth-order valence-corrected chi connectivity index (χ4v) is 0.482. The minimum absolute atomic E-state index is 0.139. The number of primary amides is 1. The third kappa shape index (κ3) is 2.99. The van der Waals surface area contributed by atoms with Crippen LogP contribution in [0.5, 0.6) is 0 Å². The van der Waals surface area contributed by atoms with Gasteiger partial charge in [0.05, 0.1) is 5.88 Å². The van der Waals surface area contributed by atoms with Gasteiger partial charge in [0.1, 0.15) is 6.54 Å². The molecule has 0 aromatic carbocycles. The molecule has 1 unspecified atom stereocenters. The van der Waals surface area contributed by atoms with Gasteiger partial charge in [0.25, 0.3) is 0 Å². The molecule has 0 saturated heterocycles. The van der Waals surface area contributed by atoms with Crippen molar-refractivity contribution < 1.29 is 9.80 Å². The Bertz CT molecular complexity index is 118. The number of urea groups is 1. The van der Waals surface area contributed by atoms with Crippen molar-refractivity contribution in [2.45, 2.75) is 0 Å². The van der Waals surface area contributed by atoms with Gasteiger partial charge in [-0.3, -0.25) is 0 Å². The molecule has 0 aliphatic carbocycles. The van der Waals surface area contributed by atoms with Crippen molar-refractivity contribution in [3.05, 3.63) is 4.91 Å². The van der Waals surface area contributed by atoms with E-state index in [1.54, 1.807) is 0 Å². The van der Waals surface area contributed by atoms with E-state index in [-0.39, 0.29) is 17.4 Å². The number of nitrogens with zero attached hydrogens (tertiary/aromatic N) is 1. The van der Waals surface area contributed by atoms with Crippen LogP contribution in [-0.2, 0) is 0 Å². The SMILES string of the molecule is NC(=O)[NH+](CCCl)N=O. The number of rotatable bonds is 3. The van der Waals surface area contributed by atoms with Gasteiger partial charge < -0.3 is 5.73 Å². The zero-order valence-corrected chi connectivity index (χ0v) is 5.39. The van der Waals surface area contributed by atoms with Gasteiger partial charge in [-0.1, -0.05) is 9.92 Å². The Kier molecular flexibility index (Phi) is 3.90. The van der Waals surface area contributed by atoms with Crippen molar-refractivity contribution in [1.82, 2.24) is 0 Å². The third-order valence-electron chi connectivity index (χ3n) is 0.726. The second-order valence-corrected chi connectivity index (χ2v) is 1.72. The van der Waals surface area contributed by atoms with E-state index < -0.39 is 6.03 Å². The standard InChI is InChI=1S/C3H6ClN3O2/c4-1-2-7(6-9)3(5)8/h1-2H2,(H2,5,8)/p+1. The van der Waals surface area contributed by atoms with E-state index >= 15 is 0 Å². The first kappa shape index (κ1) is 8.32. The molecule has 3 N–H and O–H groups in total. The molecule has 0 heterocycles. The Balaban J connectivity index is 3.68. The molecular formula is C3H7ClN3O2+. The highest BCUT2D eigenvalue weighted by Gasteiger charge is 2.14. The van der Waals surface area contributed by atoms with Crippen LogP contribution < -0.4 is 10.7 Å². The number of carbonyl (C=O) groups is 1. The Labute approximate surface area is 56.7 Å². The lowest BCUT2D eigenvalue weighted by Crippen LogP contribution is -3.11. The Morgan fingerprint density at radius 3 is 2.44 bits per heavy atom. The van der Waals surface area contributed by atoms with Crippen molar-refractivity contribution in [2.24, 2.45) is 11.0 Å². The van der Waals surface area contributed by atoms with E-state index in [1.165, 1.54) is 0 Å². The summed E-state index contributed by atoms with van der Waals surface area (Å²) in [5.74, 6) is 0.185. The molecule has 6 heteroatoms. The summed E-state index contributed by atoms with van der Waals surface area (Å²) in [7, 11) is 0. The molecule has 2 amide bonds. The fourth-order valence-electron chi connectivity index (χ4n) is 0.303. The number of quaternary nitrogens is 1. The van der Waals surface area contributed by atoms with Crippen LogP contribution in [-0.4, -0.2) is 18.5 Å². The van der Waals surface area contributed by atoms with E-state index in [1.807, 2.05) is 0 Å². The Morgan fingerprint density at radius 2 is 2.33 bits per heavy atom. The Morgan fingerprint density at radius 1 is 1.78 bits per heavy atom. The first-order chi connectivity index (χ1) is 4.22. The molecule has 1 atom stereocenters. The molecule has 0 aromatic heterocycles. The summed E-state index contributed by atoms with van der Waals surface area (Å²) < 4.78 is 0. The van der Waals surface area contributed by atoms with E-state index in [4.69, 9.17) is 17.3 Å². The lowest BCUT2D eigenvalue weighted by atomic mass is 10.7. The number of hydrogen-bond acceptors (Lipinski definition) is 3. The number of alkyl halides is 1. The summed E-state index contributed by atoms with van der Waals surface area (Å²) >= 11 is 5.19. The number of amides is 2. The van der Waals surface area contributed by atoms with Gasteiger partial charge in [0.2, 0.25) is 0 Å². The highest BCUT2D eigenvalue weighted by atomic mass is 35.5. The Hall–Kier alpha value is -0.680. The molecule has 0 saturated carbocycles. The smallest absolute Gasteiger partial charge is 0.317 e. The maximum atomic E-state index is 10.2. The summed E-state index contributed by atoms with van der Waals surface area (Å²) in [5, 5.41) is 2.18. The fraction of sp³-hybridized carbons (Fsp3) is 0.667. The monoisotopic (exact) mass is 152 g/mol. The number of nitrogens with two attached hydrogens (primary N) is 1. The van der Waals surface area contributed by atoms with Crippen LogP contribution in [0.4, 0.5) is 4.79 Å². The molecule has 0 rings (SSSR count). The molecule has 0 radical (unpaired) electrons. The van der Waals surface area contributed by atoms with Crippen LogP contribution in [0.25, 0.3) is 0 Å². The van der Waals surface area contributed by atoms with Crippen LogP contribution in [0.3, 0.4) is 0 Å². The second kappa shape index (κ2) is 4.22. The van der Waals surface area contributed by atoms with Crippen LogP contribution in [0.1, 0.15) is 0 Å². The van der Waals surface area contributed by atoms with E-state index in [0.29, 0.717) is 0 Å². The predicted molar refractivity (Wildman–Crippen MR) is 31.9 cm³/mol. The van der Waals surface area contributed by atoms with Crippen LogP contribution in [0.15, 0.2) is 5.29 Å². The number of halogens is 1. The van der Waals surface area contributed by atoms with Crippen molar-refractivity contribution in [3.8, 4) is 0 Å². The van der Waals surface area contributed by atoms with E-state index in [2.05, 4.69) is 5.29 Å². The molecule has 0 spiro atoms. The van der Waals surface area contributed by atoms with Gasteiger partial charge >= 0.3 is 6.03 Å². The molecule has 0 aliphatic rings.